The summed E-state index contributed by atoms with van der Waals surface area (Å²) in [5.41, 5.74) is 5.74. The lowest BCUT2D eigenvalue weighted by molar-refractivity contribution is 0.414. The first-order valence-corrected chi connectivity index (χ1v) is 9.13. The van der Waals surface area contributed by atoms with Gasteiger partial charge >= 0.3 is 0 Å². The van der Waals surface area contributed by atoms with E-state index in [1.807, 2.05) is 54.6 Å². The number of halogens is 1. The number of nitrogens with zero attached hydrogens (tertiary/aromatic N) is 1. The van der Waals surface area contributed by atoms with E-state index in [2.05, 4.69) is 12.1 Å². The van der Waals surface area contributed by atoms with Gasteiger partial charge in [-0.3, -0.25) is 0 Å². The predicted octanol–water partition coefficient (Wildman–Crippen LogP) is 6.39. The lowest BCUT2D eigenvalue weighted by atomic mass is 9.99. The zero-order valence-corrected chi connectivity index (χ0v) is 15.5. The Labute approximate surface area is 161 Å². The number of methoxy groups -OCH3 is 1. The maximum absolute atomic E-state index is 6.29. The van der Waals surface area contributed by atoms with Crippen molar-refractivity contribution in [2.75, 3.05) is 7.11 Å². The van der Waals surface area contributed by atoms with Crippen LogP contribution in [0.15, 0.2) is 71.1 Å². The Hall–Kier alpha value is -3.04. The van der Waals surface area contributed by atoms with Crippen LogP contribution < -0.4 is 4.74 Å². The maximum atomic E-state index is 6.29. The highest BCUT2D eigenvalue weighted by Crippen LogP contribution is 2.35. The summed E-state index contributed by atoms with van der Waals surface area (Å²) in [6, 6.07) is 21.9. The average Bonchev–Trinajstić information content (AvgIpc) is 3.07. The van der Waals surface area contributed by atoms with E-state index in [1.54, 1.807) is 7.11 Å². The number of furan rings is 1. The summed E-state index contributed by atoms with van der Waals surface area (Å²) in [6.45, 7) is 0. The summed E-state index contributed by atoms with van der Waals surface area (Å²) in [7, 11) is 1.67. The van der Waals surface area contributed by atoms with Crippen LogP contribution in [0.25, 0.3) is 33.0 Å². The van der Waals surface area contributed by atoms with Gasteiger partial charge in [0.2, 0.25) is 0 Å². The first kappa shape index (κ1) is 16.2. The highest BCUT2D eigenvalue weighted by Gasteiger charge is 2.17. The van der Waals surface area contributed by atoms with Gasteiger partial charge in [0.15, 0.2) is 5.58 Å². The zero-order valence-electron chi connectivity index (χ0n) is 14.7. The Kier molecular flexibility index (Phi) is 3.76. The van der Waals surface area contributed by atoms with E-state index in [1.165, 1.54) is 5.56 Å². The van der Waals surface area contributed by atoms with E-state index < -0.39 is 0 Å². The van der Waals surface area contributed by atoms with Gasteiger partial charge in [0.1, 0.15) is 16.8 Å². The fraction of sp³-hybridized carbons (Fsp3) is 0.0870. The Balaban J connectivity index is 1.80. The molecule has 0 saturated heterocycles. The van der Waals surface area contributed by atoms with Crippen molar-refractivity contribution in [3.63, 3.8) is 0 Å². The number of hydrogen-bond acceptors (Lipinski definition) is 3. The monoisotopic (exact) mass is 373 g/mol. The molecule has 27 heavy (non-hydrogen) atoms. The van der Waals surface area contributed by atoms with Crippen LogP contribution in [0, 0.1) is 0 Å². The summed E-state index contributed by atoms with van der Waals surface area (Å²) in [4.78, 5) is 4.86. The molecule has 5 rings (SSSR count). The Morgan fingerprint density at radius 2 is 1.78 bits per heavy atom. The minimum Gasteiger partial charge on any atom is -0.497 e. The summed E-state index contributed by atoms with van der Waals surface area (Å²) in [6.07, 6.45) is 0.722. The van der Waals surface area contributed by atoms with E-state index in [0.717, 1.165) is 50.7 Å². The minimum atomic E-state index is 0.691. The molecule has 0 aliphatic heterocycles. The molecule has 0 spiro atoms. The van der Waals surface area contributed by atoms with Crippen molar-refractivity contribution in [3.8, 4) is 5.75 Å². The molecule has 0 N–H and O–H groups in total. The van der Waals surface area contributed by atoms with Crippen molar-refractivity contribution in [2.24, 2.45) is 0 Å². The summed E-state index contributed by atoms with van der Waals surface area (Å²) >= 11 is 6.29. The lowest BCUT2D eigenvalue weighted by Gasteiger charge is -2.09. The Morgan fingerprint density at radius 3 is 2.59 bits per heavy atom. The number of pyridine rings is 1. The molecule has 4 heteroatoms. The molecule has 0 aliphatic carbocycles. The minimum absolute atomic E-state index is 0.691. The first-order chi connectivity index (χ1) is 13.2. The van der Waals surface area contributed by atoms with Gasteiger partial charge in [0, 0.05) is 27.8 Å². The average molecular weight is 374 g/mol. The van der Waals surface area contributed by atoms with Gasteiger partial charge in [0.25, 0.3) is 0 Å². The van der Waals surface area contributed by atoms with E-state index in [-0.39, 0.29) is 0 Å². The number of para-hydroxylation sites is 1. The van der Waals surface area contributed by atoms with Crippen LogP contribution >= 0.6 is 11.6 Å². The molecule has 0 amide bonds. The van der Waals surface area contributed by atoms with Crippen LogP contribution in [0.1, 0.15) is 11.1 Å². The van der Waals surface area contributed by atoms with Crippen LogP contribution in [-0.2, 0) is 6.42 Å². The number of ether oxygens (including phenoxy) is 1. The van der Waals surface area contributed by atoms with Crippen LogP contribution in [0.5, 0.6) is 5.75 Å². The van der Waals surface area contributed by atoms with Crippen molar-refractivity contribution in [1.29, 1.82) is 0 Å². The van der Waals surface area contributed by atoms with Crippen molar-refractivity contribution >= 4 is 44.6 Å². The summed E-state index contributed by atoms with van der Waals surface area (Å²) in [5, 5.41) is 2.74. The van der Waals surface area contributed by atoms with Gasteiger partial charge in [-0.2, -0.15) is 0 Å². The van der Waals surface area contributed by atoms with Gasteiger partial charge in [-0.25, -0.2) is 4.98 Å². The fourth-order valence-electron chi connectivity index (χ4n) is 3.56. The molecule has 0 bridgehead atoms. The maximum Gasteiger partial charge on any atom is 0.158 e. The van der Waals surface area contributed by atoms with Gasteiger partial charge in [0.05, 0.1) is 12.6 Å². The van der Waals surface area contributed by atoms with Crippen LogP contribution in [0.4, 0.5) is 0 Å². The van der Waals surface area contributed by atoms with E-state index in [0.29, 0.717) is 5.02 Å². The number of aromatic nitrogens is 1. The van der Waals surface area contributed by atoms with Gasteiger partial charge in [-0.1, -0.05) is 35.9 Å². The Bertz CT molecular complexity index is 1290. The fourth-order valence-corrected chi connectivity index (χ4v) is 3.73. The normalized spacial score (nSPS) is 11.5. The third-order valence-electron chi connectivity index (χ3n) is 4.90. The number of rotatable bonds is 3. The summed E-state index contributed by atoms with van der Waals surface area (Å²) < 4.78 is 11.5. The third kappa shape index (κ3) is 2.71. The standard InChI is InChI=1S/C23H16ClNO2/c1-26-16-9-6-14(7-10-16)12-19-18-13-15(24)8-11-20(18)25-22-17-4-2-3-5-21(17)27-23(19)22/h2-11,13H,12H2,1H3. The molecule has 3 nitrogen and oxygen atoms in total. The molecule has 0 fully saturated rings. The highest BCUT2D eigenvalue weighted by atomic mass is 35.5. The quantitative estimate of drug-likeness (QED) is 0.367. The molecular weight excluding hydrogens is 358 g/mol. The van der Waals surface area contributed by atoms with Crippen LogP contribution in [-0.4, -0.2) is 12.1 Å². The van der Waals surface area contributed by atoms with Crippen LogP contribution in [0.3, 0.4) is 0 Å². The van der Waals surface area contributed by atoms with Gasteiger partial charge in [-0.05, 0) is 48.0 Å². The molecular formula is C23H16ClNO2. The topological polar surface area (TPSA) is 35.3 Å². The molecule has 3 aromatic carbocycles. The SMILES string of the molecule is COc1ccc(Cc2c3cc(Cl)ccc3nc3c2oc2ccccc23)cc1. The smallest absolute Gasteiger partial charge is 0.158 e. The molecule has 0 atom stereocenters. The lowest BCUT2D eigenvalue weighted by Crippen LogP contribution is -1.94. The molecule has 0 saturated carbocycles. The van der Waals surface area contributed by atoms with E-state index in [9.17, 15) is 0 Å². The van der Waals surface area contributed by atoms with Crippen molar-refractivity contribution < 1.29 is 9.15 Å². The molecule has 2 heterocycles. The van der Waals surface area contributed by atoms with E-state index >= 15 is 0 Å². The number of fused-ring (bicyclic) bond motifs is 4. The number of hydrogen-bond donors (Lipinski definition) is 0. The van der Waals surface area contributed by atoms with E-state index in [4.69, 9.17) is 25.7 Å². The summed E-state index contributed by atoms with van der Waals surface area (Å²) in [5.74, 6) is 0.843. The third-order valence-corrected chi connectivity index (χ3v) is 5.13. The van der Waals surface area contributed by atoms with Crippen LogP contribution in [0.2, 0.25) is 5.02 Å². The zero-order chi connectivity index (χ0) is 18.4. The molecule has 2 aromatic heterocycles. The van der Waals surface area contributed by atoms with Crippen molar-refractivity contribution in [1.82, 2.24) is 4.98 Å². The molecule has 132 valence electrons. The second-order valence-corrected chi connectivity index (χ2v) is 6.99. The van der Waals surface area contributed by atoms with Gasteiger partial charge in [-0.15, -0.1) is 0 Å². The molecule has 0 radical (unpaired) electrons. The number of benzene rings is 3. The first-order valence-electron chi connectivity index (χ1n) is 8.75. The van der Waals surface area contributed by atoms with Crippen molar-refractivity contribution in [3.05, 3.63) is 82.9 Å². The second-order valence-electron chi connectivity index (χ2n) is 6.55. The largest absolute Gasteiger partial charge is 0.497 e. The highest BCUT2D eigenvalue weighted by molar-refractivity contribution is 6.31. The molecule has 0 unspecified atom stereocenters. The molecule has 0 aliphatic rings. The Morgan fingerprint density at radius 1 is 0.963 bits per heavy atom. The van der Waals surface area contributed by atoms with Crippen molar-refractivity contribution in [2.45, 2.75) is 6.42 Å². The van der Waals surface area contributed by atoms with Gasteiger partial charge < -0.3 is 9.15 Å². The molecule has 5 aromatic rings. The second kappa shape index (κ2) is 6.29. The predicted molar refractivity (Wildman–Crippen MR) is 110 cm³/mol.